The van der Waals surface area contributed by atoms with Gasteiger partial charge in [-0.2, -0.15) is 5.10 Å². The lowest BCUT2D eigenvalue weighted by molar-refractivity contribution is -0.169. The van der Waals surface area contributed by atoms with Crippen molar-refractivity contribution in [3.63, 3.8) is 0 Å². The molecule has 1 unspecified atom stereocenters. The first kappa shape index (κ1) is 22.5. The van der Waals surface area contributed by atoms with Crippen LogP contribution in [0.1, 0.15) is 31.4 Å². The summed E-state index contributed by atoms with van der Waals surface area (Å²) in [5.74, 6) is 2.25. The van der Waals surface area contributed by atoms with Gasteiger partial charge in [-0.25, -0.2) is 9.67 Å². The van der Waals surface area contributed by atoms with Gasteiger partial charge in [-0.1, -0.05) is 18.2 Å². The van der Waals surface area contributed by atoms with Gasteiger partial charge in [0.25, 0.3) is 0 Å². The number of ether oxygens (including phenoxy) is 2. The summed E-state index contributed by atoms with van der Waals surface area (Å²) in [6.07, 6.45) is 3.63. The maximum atomic E-state index is 13.2. The van der Waals surface area contributed by atoms with Crippen LogP contribution in [0, 0.1) is 5.41 Å². The quantitative estimate of drug-likeness (QED) is 0.448. The summed E-state index contributed by atoms with van der Waals surface area (Å²) < 4.78 is 13.1. The molecule has 0 aliphatic carbocycles. The zero-order chi connectivity index (χ0) is 24.7. The number of hydrogen-bond acceptors (Lipinski definition) is 6. The van der Waals surface area contributed by atoms with E-state index in [0.29, 0.717) is 25.6 Å². The number of nitrogen functional groups attached to an aromatic ring is 1. The summed E-state index contributed by atoms with van der Waals surface area (Å²) in [5.41, 5.74) is 8.56. The molecule has 4 heterocycles. The molecule has 0 radical (unpaired) electrons. The largest absolute Gasteiger partial charge is 0.457 e. The third-order valence-electron chi connectivity index (χ3n) is 7.16. The van der Waals surface area contributed by atoms with E-state index in [9.17, 15) is 4.79 Å². The molecule has 2 fully saturated rings. The highest BCUT2D eigenvalue weighted by Gasteiger charge is 2.44. The Morgan fingerprint density at radius 2 is 1.83 bits per heavy atom. The van der Waals surface area contributed by atoms with Crippen LogP contribution in [0.25, 0.3) is 16.6 Å². The molecule has 1 amide bonds. The van der Waals surface area contributed by atoms with Crippen molar-refractivity contribution in [1.29, 1.82) is 0 Å². The second kappa shape index (κ2) is 8.95. The number of piperidine rings is 1. The third kappa shape index (κ3) is 3.97. The van der Waals surface area contributed by atoms with Gasteiger partial charge in [0, 0.05) is 30.6 Å². The van der Waals surface area contributed by atoms with Gasteiger partial charge in [-0.3, -0.25) is 4.79 Å². The van der Waals surface area contributed by atoms with Crippen LogP contribution >= 0.6 is 0 Å². The van der Waals surface area contributed by atoms with E-state index < -0.39 is 5.41 Å². The van der Waals surface area contributed by atoms with E-state index in [0.717, 1.165) is 53.2 Å². The predicted octanol–water partition coefficient (Wildman–Crippen LogP) is 4.54. The number of amides is 1. The average molecular weight is 484 g/mol. The Kier molecular flexibility index (Phi) is 5.60. The SMILES string of the molecule is CC1(C(=O)N2CCCC(c3nn(-c4ccc(Oc5ccccc5)cc4)c4c(N)nccc34)C2)COC1. The smallest absolute Gasteiger partial charge is 0.233 e. The monoisotopic (exact) mass is 483 g/mol. The van der Waals surface area contributed by atoms with Crippen LogP contribution in [0.15, 0.2) is 66.9 Å². The summed E-state index contributed by atoms with van der Waals surface area (Å²) >= 11 is 0. The molecule has 0 saturated carbocycles. The second-order valence-corrected chi connectivity index (χ2v) is 9.94. The zero-order valence-electron chi connectivity index (χ0n) is 20.3. The summed E-state index contributed by atoms with van der Waals surface area (Å²) in [7, 11) is 0. The number of benzene rings is 2. The number of rotatable bonds is 5. The van der Waals surface area contributed by atoms with Crippen LogP contribution in [-0.4, -0.2) is 51.9 Å². The number of fused-ring (bicyclic) bond motifs is 1. The number of pyridine rings is 1. The van der Waals surface area contributed by atoms with Gasteiger partial charge in [0.05, 0.1) is 30.0 Å². The molecule has 1 atom stereocenters. The van der Waals surface area contributed by atoms with Crippen LogP contribution in [0.4, 0.5) is 5.82 Å². The first-order valence-corrected chi connectivity index (χ1v) is 12.4. The van der Waals surface area contributed by atoms with E-state index >= 15 is 0 Å². The summed E-state index contributed by atoms with van der Waals surface area (Å²) in [5, 5.41) is 6.02. The van der Waals surface area contributed by atoms with Crippen molar-refractivity contribution in [2.45, 2.75) is 25.7 Å². The number of carbonyl (C=O) groups excluding carboxylic acids is 1. The van der Waals surface area contributed by atoms with Gasteiger partial charge in [0.2, 0.25) is 5.91 Å². The fraction of sp³-hybridized carbons (Fsp3) is 0.321. The first-order valence-electron chi connectivity index (χ1n) is 12.4. The van der Waals surface area contributed by atoms with E-state index in [4.69, 9.17) is 20.3 Å². The molecule has 2 saturated heterocycles. The molecule has 36 heavy (non-hydrogen) atoms. The Morgan fingerprint density at radius 3 is 2.56 bits per heavy atom. The minimum atomic E-state index is -0.402. The van der Waals surface area contributed by atoms with E-state index in [1.807, 2.05) is 77.2 Å². The second-order valence-electron chi connectivity index (χ2n) is 9.94. The fourth-order valence-corrected chi connectivity index (χ4v) is 5.18. The molecule has 2 aliphatic rings. The lowest BCUT2D eigenvalue weighted by atomic mass is 9.85. The fourth-order valence-electron chi connectivity index (χ4n) is 5.18. The van der Waals surface area contributed by atoms with Gasteiger partial charge in [0.1, 0.15) is 22.8 Å². The third-order valence-corrected chi connectivity index (χ3v) is 7.16. The summed E-state index contributed by atoms with van der Waals surface area (Å²) in [6, 6.07) is 19.4. The lowest BCUT2D eigenvalue weighted by Crippen LogP contribution is -2.55. The van der Waals surface area contributed by atoms with E-state index in [2.05, 4.69) is 4.98 Å². The molecule has 2 aromatic heterocycles. The lowest BCUT2D eigenvalue weighted by Gasteiger charge is -2.42. The predicted molar refractivity (Wildman–Crippen MR) is 137 cm³/mol. The molecule has 0 bridgehead atoms. The summed E-state index contributed by atoms with van der Waals surface area (Å²) in [6.45, 7) is 4.40. The van der Waals surface area contributed by atoms with E-state index in [-0.39, 0.29) is 11.8 Å². The van der Waals surface area contributed by atoms with Crippen LogP contribution in [0.3, 0.4) is 0 Å². The molecular weight excluding hydrogens is 454 g/mol. The molecule has 2 aliphatic heterocycles. The Balaban J connectivity index is 1.31. The van der Waals surface area contributed by atoms with Crippen molar-refractivity contribution in [1.82, 2.24) is 19.7 Å². The number of carbonyl (C=O) groups is 1. The van der Waals surface area contributed by atoms with E-state index in [1.165, 1.54) is 0 Å². The van der Waals surface area contributed by atoms with Crippen molar-refractivity contribution < 1.29 is 14.3 Å². The Bertz CT molecular complexity index is 1400. The molecule has 8 heteroatoms. The average Bonchev–Trinajstić information content (AvgIpc) is 3.29. The Morgan fingerprint density at radius 1 is 1.08 bits per heavy atom. The van der Waals surface area contributed by atoms with Crippen LogP contribution < -0.4 is 10.5 Å². The number of hydrogen-bond donors (Lipinski definition) is 1. The molecule has 4 aromatic rings. The number of likely N-dealkylation sites (tertiary alicyclic amines) is 1. The normalized spacial score (nSPS) is 19.1. The minimum Gasteiger partial charge on any atom is -0.457 e. The zero-order valence-corrected chi connectivity index (χ0v) is 20.3. The van der Waals surface area contributed by atoms with Crippen LogP contribution in [0.5, 0.6) is 11.5 Å². The molecule has 184 valence electrons. The maximum Gasteiger partial charge on any atom is 0.233 e. The van der Waals surface area contributed by atoms with Crippen LogP contribution in [0.2, 0.25) is 0 Å². The molecule has 8 nitrogen and oxygen atoms in total. The number of anilines is 1. The number of nitrogens with zero attached hydrogens (tertiary/aromatic N) is 4. The van der Waals surface area contributed by atoms with E-state index in [1.54, 1.807) is 6.20 Å². The molecule has 0 spiro atoms. The molecular formula is C28H29N5O3. The van der Waals surface area contributed by atoms with Crippen molar-refractivity contribution in [2.24, 2.45) is 5.41 Å². The molecule has 6 rings (SSSR count). The van der Waals surface area contributed by atoms with Gasteiger partial charge >= 0.3 is 0 Å². The van der Waals surface area contributed by atoms with Crippen molar-refractivity contribution >= 4 is 22.6 Å². The number of aromatic nitrogens is 3. The standard InChI is InChI=1S/C28H29N5O3/c1-28(17-35-18-28)27(34)32-15-5-6-19(16-32)24-23-13-14-30-26(29)25(23)33(31-24)20-9-11-22(12-10-20)36-21-7-3-2-4-8-21/h2-4,7-14,19H,5-6,15-18H2,1H3,(H2,29,30). The highest BCUT2D eigenvalue weighted by molar-refractivity contribution is 5.91. The minimum absolute atomic E-state index is 0.124. The van der Waals surface area contributed by atoms with Crippen LogP contribution in [-0.2, 0) is 9.53 Å². The van der Waals surface area contributed by atoms with Gasteiger partial charge in [-0.05, 0) is 62.2 Å². The van der Waals surface area contributed by atoms with Crippen molar-refractivity contribution in [2.75, 3.05) is 32.0 Å². The number of nitrogens with two attached hydrogens (primary N) is 1. The van der Waals surface area contributed by atoms with Gasteiger partial charge < -0.3 is 20.1 Å². The summed E-state index contributed by atoms with van der Waals surface area (Å²) in [4.78, 5) is 19.5. The van der Waals surface area contributed by atoms with Gasteiger partial charge in [-0.15, -0.1) is 0 Å². The Labute approximate surface area is 209 Å². The highest BCUT2D eigenvalue weighted by atomic mass is 16.5. The highest BCUT2D eigenvalue weighted by Crippen LogP contribution is 2.37. The number of para-hydroxylation sites is 1. The van der Waals surface area contributed by atoms with Crippen molar-refractivity contribution in [3.05, 3.63) is 72.6 Å². The topological polar surface area (TPSA) is 95.5 Å². The molecule has 2 aromatic carbocycles. The van der Waals surface area contributed by atoms with Gasteiger partial charge in [0.15, 0.2) is 0 Å². The Hall–Kier alpha value is -3.91. The molecule has 2 N–H and O–H groups in total. The first-order chi connectivity index (χ1) is 17.5. The van der Waals surface area contributed by atoms with Crippen molar-refractivity contribution in [3.8, 4) is 17.2 Å². The maximum absolute atomic E-state index is 13.2.